The van der Waals surface area contributed by atoms with Gasteiger partial charge in [0.25, 0.3) is 5.69 Å². The van der Waals surface area contributed by atoms with Crippen molar-refractivity contribution < 1.29 is 4.92 Å². The van der Waals surface area contributed by atoms with Crippen LogP contribution < -0.4 is 5.73 Å². The lowest BCUT2D eigenvalue weighted by Gasteiger charge is -2.15. The molecule has 7 nitrogen and oxygen atoms in total. The lowest BCUT2D eigenvalue weighted by atomic mass is 10.1. The number of nitro benzene ring substituents is 1. The van der Waals surface area contributed by atoms with Crippen LogP contribution in [0, 0.1) is 10.1 Å². The van der Waals surface area contributed by atoms with Gasteiger partial charge in [-0.2, -0.15) is 0 Å². The summed E-state index contributed by atoms with van der Waals surface area (Å²) in [5.74, 6) is 1.34. The topological polar surface area (TPSA) is 99.9 Å². The molecule has 0 amide bonds. The summed E-state index contributed by atoms with van der Waals surface area (Å²) in [7, 11) is 0. The second-order valence-corrected chi connectivity index (χ2v) is 7.96. The number of nitrogens with two attached hydrogens (primary N) is 1. The van der Waals surface area contributed by atoms with E-state index in [-0.39, 0.29) is 11.7 Å². The number of hydrogen-bond donors (Lipinski definition) is 1. The molecule has 0 fully saturated rings. The van der Waals surface area contributed by atoms with Crippen molar-refractivity contribution in [2.75, 3.05) is 0 Å². The largest absolute Gasteiger partial charge is 0.321 e. The molecule has 4 aromatic rings. The SMILES string of the molecule is NC(Cc1ccccc1)c1nnc(SCc2ccccc2)n1-c1ccc([N+](=O)[O-])cc1. The molecular weight excluding hydrogens is 410 g/mol. The molecule has 0 bridgehead atoms. The first-order chi connectivity index (χ1) is 15.1. The molecule has 4 rings (SSSR count). The Morgan fingerprint density at radius 3 is 2.13 bits per heavy atom. The predicted octanol–water partition coefficient (Wildman–Crippen LogP) is 4.71. The lowest BCUT2D eigenvalue weighted by molar-refractivity contribution is -0.384. The minimum Gasteiger partial charge on any atom is -0.321 e. The molecule has 31 heavy (non-hydrogen) atoms. The molecule has 1 atom stereocenters. The van der Waals surface area contributed by atoms with Crippen molar-refractivity contribution in [3.8, 4) is 5.69 Å². The van der Waals surface area contributed by atoms with E-state index in [0.717, 1.165) is 17.0 Å². The summed E-state index contributed by atoms with van der Waals surface area (Å²) in [4.78, 5) is 10.6. The summed E-state index contributed by atoms with van der Waals surface area (Å²) in [5, 5.41) is 20.5. The molecule has 1 unspecified atom stereocenters. The molecule has 3 aromatic carbocycles. The van der Waals surface area contributed by atoms with E-state index in [1.54, 1.807) is 23.9 Å². The number of thioether (sulfide) groups is 1. The summed E-state index contributed by atoms with van der Waals surface area (Å²) >= 11 is 1.55. The molecule has 0 spiro atoms. The van der Waals surface area contributed by atoms with Crippen molar-refractivity contribution in [1.82, 2.24) is 14.8 Å². The zero-order valence-electron chi connectivity index (χ0n) is 16.7. The van der Waals surface area contributed by atoms with Crippen molar-refractivity contribution in [3.63, 3.8) is 0 Å². The van der Waals surface area contributed by atoms with E-state index in [9.17, 15) is 10.1 Å². The van der Waals surface area contributed by atoms with Crippen LogP contribution in [0.25, 0.3) is 5.69 Å². The van der Waals surface area contributed by atoms with Gasteiger partial charge in [0, 0.05) is 23.6 Å². The summed E-state index contributed by atoms with van der Waals surface area (Å²) < 4.78 is 1.89. The van der Waals surface area contributed by atoms with Crippen LogP contribution in [0.5, 0.6) is 0 Å². The maximum absolute atomic E-state index is 11.1. The molecule has 0 saturated heterocycles. The van der Waals surface area contributed by atoms with Crippen molar-refractivity contribution in [2.24, 2.45) is 5.73 Å². The third-order valence-corrected chi connectivity index (χ3v) is 5.82. The van der Waals surface area contributed by atoms with Gasteiger partial charge >= 0.3 is 0 Å². The van der Waals surface area contributed by atoms with Crippen LogP contribution in [0.2, 0.25) is 0 Å². The number of aromatic nitrogens is 3. The Kier molecular flexibility index (Phi) is 6.40. The van der Waals surface area contributed by atoms with Crippen molar-refractivity contribution in [2.45, 2.75) is 23.4 Å². The maximum Gasteiger partial charge on any atom is 0.269 e. The van der Waals surface area contributed by atoms with Crippen LogP contribution in [0.4, 0.5) is 5.69 Å². The third kappa shape index (κ3) is 4.99. The molecule has 2 N–H and O–H groups in total. The van der Waals surface area contributed by atoms with Crippen LogP contribution in [0.3, 0.4) is 0 Å². The van der Waals surface area contributed by atoms with Gasteiger partial charge < -0.3 is 5.73 Å². The Hall–Kier alpha value is -3.49. The molecule has 0 aliphatic heterocycles. The number of benzene rings is 3. The molecule has 1 heterocycles. The van der Waals surface area contributed by atoms with Crippen molar-refractivity contribution >= 4 is 17.4 Å². The van der Waals surface area contributed by atoms with E-state index >= 15 is 0 Å². The second kappa shape index (κ2) is 9.55. The van der Waals surface area contributed by atoms with E-state index in [1.807, 2.05) is 53.1 Å². The smallest absolute Gasteiger partial charge is 0.269 e. The molecular formula is C23H21N5O2S. The average molecular weight is 432 g/mol. The van der Waals surface area contributed by atoms with Crippen LogP contribution in [0.1, 0.15) is 23.0 Å². The molecule has 1 aromatic heterocycles. The Balaban J connectivity index is 1.67. The van der Waals surface area contributed by atoms with Crippen LogP contribution in [-0.2, 0) is 12.2 Å². The number of nitrogens with zero attached hydrogens (tertiary/aromatic N) is 4. The Labute approximate surface area is 184 Å². The Bertz CT molecular complexity index is 1150. The van der Waals surface area contributed by atoms with E-state index in [2.05, 4.69) is 22.3 Å². The molecule has 0 aliphatic carbocycles. The van der Waals surface area contributed by atoms with Gasteiger partial charge in [0.05, 0.1) is 11.0 Å². The third-order valence-electron chi connectivity index (χ3n) is 4.82. The first-order valence-corrected chi connectivity index (χ1v) is 10.8. The fourth-order valence-electron chi connectivity index (χ4n) is 3.26. The standard InChI is InChI=1S/C23H21N5O2S/c24-21(15-17-7-3-1-4-8-17)22-25-26-23(31-16-18-9-5-2-6-10-18)27(22)19-11-13-20(14-12-19)28(29)30/h1-14,21H,15-16,24H2. The minimum absolute atomic E-state index is 0.0328. The number of hydrogen-bond acceptors (Lipinski definition) is 6. The van der Waals surface area contributed by atoms with Gasteiger partial charge in [0.1, 0.15) is 0 Å². The normalized spacial score (nSPS) is 11.9. The van der Waals surface area contributed by atoms with Crippen molar-refractivity contribution in [1.29, 1.82) is 0 Å². The van der Waals surface area contributed by atoms with Crippen LogP contribution in [0.15, 0.2) is 90.1 Å². The highest BCUT2D eigenvalue weighted by molar-refractivity contribution is 7.98. The van der Waals surface area contributed by atoms with E-state index in [0.29, 0.717) is 17.4 Å². The number of nitro groups is 1. The average Bonchev–Trinajstić information content (AvgIpc) is 3.23. The molecule has 0 aliphatic rings. The first-order valence-electron chi connectivity index (χ1n) is 9.78. The van der Waals surface area contributed by atoms with Gasteiger partial charge in [-0.25, -0.2) is 0 Å². The molecule has 0 saturated carbocycles. The van der Waals surface area contributed by atoms with E-state index < -0.39 is 4.92 Å². The fraction of sp³-hybridized carbons (Fsp3) is 0.130. The zero-order valence-corrected chi connectivity index (χ0v) is 17.5. The summed E-state index contributed by atoms with van der Waals surface area (Å²) in [6, 6.07) is 26.0. The summed E-state index contributed by atoms with van der Waals surface area (Å²) in [6.07, 6.45) is 0.606. The lowest BCUT2D eigenvalue weighted by Crippen LogP contribution is -2.19. The number of rotatable bonds is 8. The molecule has 0 radical (unpaired) electrons. The highest BCUT2D eigenvalue weighted by Gasteiger charge is 2.21. The van der Waals surface area contributed by atoms with E-state index in [1.165, 1.54) is 17.7 Å². The maximum atomic E-state index is 11.1. The van der Waals surface area contributed by atoms with Gasteiger partial charge in [-0.3, -0.25) is 14.7 Å². The Morgan fingerprint density at radius 2 is 1.52 bits per heavy atom. The van der Waals surface area contributed by atoms with Gasteiger partial charge in [-0.15, -0.1) is 10.2 Å². The minimum atomic E-state index is -0.414. The zero-order chi connectivity index (χ0) is 21.6. The predicted molar refractivity (Wildman–Crippen MR) is 121 cm³/mol. The fourth-order valence-corrected chi connectivity index (χ4v) is 4.18. The first kappa shape index (κ1) is 20.8. The van der Waals surface area contributed by atoms with Crippen LogP contribution >= 0.6 is 11.8 Å². The van der Waals surface area contributed by atoms with Crippen molar-refractivity contribution in [3.05, 3.63) is 112 Å². The van der Waals surface area contributed by atoms with E-state index in [4.69, 9.17) is 5.73 Å². The van der Waals surface area contributed by atoms with Gasteiger partial charge in [0.15, 0.2) is 11.0 Å². The summed E-state index contributed by atoms with van der Waals surface area (Å²) in [5.41, 5.74) is 9.57. The quantitative estimate of drug-likeness (QED) is 0.246. The highest BCUT2D eigenvalue weighted by atomic mass is 32.2. The second-order valence-electron chi connectivity index (χ2n) is 7.02. The highest BCUT2D eigenvalue weighted by Crippen LogP contribution is 2.29. The molecule has 156 valence electrons. The van der Waals surface area contributed by atoms with Gasteiger partial charge in [-0.05, 0) is 29.7 Å². The molecule has 8 heteroatoms. The monoisotopic (exact) mass is 431 g/mol. The summed E-state index contributed by atoms with van der Waals surface area (Å²) in [6.45, 7) is 0. The van der Waals surface area contributed by atoms with Gasteiger partial charge in [0.2, 0.25) is 0 Å². The van der Waals surface area contributed by atoms with Gasteiger partial charge in [-0.1, -0.05) is 72.4 Å². The van der Waals surface area contributed by atoms with Crippen LogP contribution in [-0.4, -0.2) is 19.7 Å². The Morgan fingerprint density at radius 1 is 0.903 bits per heavy atom. The number of non-ortho nitro benzene ring substituents is 1.